The van der Waals surface area contributed by atoms with Crippen molar-refractivity contribution in [1.82, 2.24) is 4.98 Å². The Bertz CT molecular complexity index is 1080. The number of nitrogens with one attached hydrogen (secondary N) is 2. The lowest BCUT2D eigenvalue weighted by Crippen LogP contribution is -2.15. The smallest absolute Gasteiger partial charge is 0.263 e. The molecule has 0 saturated carbocycles. The van der Waals surface area contributed by atoms with Gasteiger partial charge in [-0.1, -0.05) is 26.0 Å². The standard InChI is InChI=1S/C21H23N3O4S2/c1-15(2)11-13-28-19-6-4-3-5-18(19)20(25)23-16-7-9-17(10-8-16)30(26,27)24-21-22-12-14-29-21/h3-10,12,14-15H,11,13H2,1-2H3,(H,22,24)(H,23,25). The molecular weight excluding hydrogens is 422 g/mol. The van der Waals surface area contributed by atoms with Crippen LogP contribution in [0.4, 0.5) is 10.8 Å². The number of thiazole rings is 1. The van der Waals surface area contributed by atoms with Crippen molar-refractivity contribution in [2.45, 2.75) is 25.2 Å². The third kappa shape index (κ3) is 5.80. The van der Waals surface area contributed by atoms with Crippen LogP contribution in [-0.2, 0) is 10.0 Å². The second kappa shape index (κ2) is 9.73. The van der Waals surface area contributed by atoms with Crippen LogP contribution in [0, 0.1) is 5.92 Å². The molecule has 0 saturated heterocycles. The first-order valence-corrected chi connectivity index (χ1v) is 11.8. The van der Waals surface area contributed by atoms with Crippen LogP contribution in [0.3, 0.4) is 0 Å². The number of hydrogen-bond acceptors (Lipinski definition) is 6. The molecule has 0 aliphatic rings. The molecule has 0 unspecified atom stereocenters. The summed E-state index contributed by atoms with van der Waals surface area (Å²) in [7, 11) is -3.74. The van der Waals surface area contributed by atoms with Gasteiger partial charge in [0.25, 0.3) is 15.9 Å². The second-order valence-electron chi connectivity index (χ2n) is 6.95. The number of anilines is 2. The number of carbonyl (C=O) groups is 1. The van der Waals surface area contributed by atoms with Crippen molar-refractivity contribution in [3.05, 3.63) is 65.7 Å². The molecule has 1 aromatic heterocycles. The molecule has 0 fully saturated rings. The molecule has 3 rings (SSSR count). The Labute approximate surface area is 180 Å². The lowest BCUT2D eigenvalue weighted by Gasteiger charge is -2.13. The summed E-state index contributed by atoms with van der Waals surface area (Å²) in [5.41, 5.74) is 0.897. The summed E-state index contributed by atoms with van der Waals surface area (Å²) in [6.45, 7) is 4.75. The number of amides is 1. The van der Waals surface area contributed by atoms with Gasteiger partial charge in [-0.25, -0.2) is 13.4 Å². The second-order valence-corrected chi connectivity index (χ2v) is 9.53. The first-order valence-electron chi connectivity index (χ1n) is 9.41. The zero-order valence-corrected chi connectivity index (χ0v) is 18.3. The summed E-state index contributed by atoms with van der Waals surface area (Å²) in [6, 6.07) is 13.0. The van der Waals surface area contributed by atoms with E-state index in [4.69, 9.17) is 4.74 Å². The number of para-hydroxylation sites is 1. The third-order valence-electron chi connectivity index (χ3n) is 4.16. The highest BCUT2D eigenvalue weighted by Gasteiger charge is 2.16. The lowest BCUT2D eigenvalue weighted by atomic mass is 10.1. The first-order chi connectivity index (χ1) is 14.3. The van der Waals surface area contributed by atoms with Crippen LogP contribution in [0.15, 0.2) is 65.0 Å². The van der Waals surface area contributed by atoms with Crippen LogP contribution < -0.4 is 14.8 Å². The van der Waals surface area contributed by atoms with Gasteiger partial charge < -0.3 is 10.1 Å². The van der Waals surface area contributed by atoms with Crippen LogP contribution in [-0.4, -0.2) is 25.9 Å². The molecule has 0 aliphatic heterocycles. The fraction of sp³-hybridized carbons (Fsp3) is 0.238. The quantitative estimate of drug-likeness (QED) is 0.501. The van der Waals surface area contributed by atoms with E-state index in [0.29, 0.717) is 34.7 Å². The van der Waals surface area contributed by atoms with Gasteiger partial charge in [0.1, 0.15) is 5.75 Å². The van der Waals surface area contributed by atoms with Gasteiger partial charge in [0.05, 0.1) is 17.1 Å². The average molecular weight is 446 g/mol. The van der Waals surface area contributed by atoms with Crippen molar-refractivity contribution in [2.75, 3.05) is 16.6 Å². The molecule has 9 heteroatoms. The molecule has 0 spiro atoms. The molecule has 0 radical (unpaired) electrons. The van der Waals surface area contributed by atoms with E-state index in [1.807, 2.05) is 6.07 Å². The van der Waals surface area contributed by atoms with Crippen molar-refractivity contribution in [3.63, 3.8) is 0 Å². The maximum absolute atomic E-state index is 12.7. The van der Waals surface area contributed by atoms with Crippen molar-refractivity contribution >= 4 is 38.1 Å². The molecule has 7 nitrogen and oxygen atoms in total. The molecule has 2 aromatic carbocycles. The van der Waals surface area contributed by atoms with Crippen molar-refractivity contribution in [2.24, 2.45) is 5.92 Å². The van der Waals surface area contributed by atoms with E-state index < -0.39 is 10.0 Å². The van der Waals surface area contributed by atoms with Gasteiger partial charge >= 0.3 is 0 Å². The number of sulfonamides is 1. The van der Waals surface area contributed by atoms with Crippen LogP contribution in [0.5, 0.6) is 5.75 Å². The largest absolute Gasteiger partial charge is 0.493 e. The van der Waals surface area contributed by atoms with Crippen LogP contribution in [0.25, 0.3) is 0 Å². The Morgan fingerprint density at radius 2 is 1.87 bits per heavy atom. The SMILES string of the molecule is CC(C)CCOc1ccccc1C(=O)Nc1ccc(S(=O)(=O)Nc2nccs2)cc1. The lowest BCUT2D eigenvalue weighted by molar-refractivity contribution is 0.102. The molecule has 158 valence electrons. The average Bonchev–Trinajstić information content (AvgIpc) is 3.21. The third-order valence-corrected chi connectivity index (χ3v) is 6.33. The molecule has 3 aromatic rings. The summed E-state index contributed by atoms with van der Waals surface area (Å²) in [4.78, 5) is 16.7. The Kier molecular flexibility index (Phi) is 7.07. The van der Waals surface area contributed by atoms with Crippen molar-refractivity contribution < 1.29 is 17.9 Å². The number of hydrogen-bond donors (Lipinski definition) is 2. The summed E-state index contributed by atoms with van der Waals surface area (Å²) in [5, 5.41) is 4.75. The first kappa shape index (κ1) is 21.8. The molecule has 1 heterocycles. The zero-order valence-electron chi connectivity index (χ0n) is 16.7. The molecule has 0 atom stereocenters. The van der Waals surface area contributed by atoms with Crippen LogP contribution in [0.1, 0.15) is 30.6 Å². The van der Waals surface area contributed by atoms with Gasteiger partial charge in [0.2, 0.25) is 0 Å². The van der Waals surface area contributed by atoms with E-state index in [1.165, 1.54) is 41.8 Å². The van der Waals surface area contributed by atoms with Crippen molar-refractivity contribution in [3.8, 4) is 5.75 Å². The molecule has 2 N–H and O–H groups in total. The van der Waals surface area contributed by atoms with Crippen LogP contribution >= 0.6 is 11.3 Å². The summed E-state index contributed by atoms with van der Waals surface area (Å²) in [5.74, 6) is 0.694. The van der Waals surface area contributed by atoms with Gasteiger partial charge in [-0.15, -0.1) is 11.3 Å². The normalized spacial score (nSPS) is 11.3. The maximum atomic E-state index is 12.7. The van der Waals surface area contributed by atoms with Gasteiger partial charge in [0, 0.05) is 17.3 Å². The Morgan fingerprint density at radius 1 is 1.13 bits per heavy atom. The minimum Gasteiger partial charge on any atom is -0.493 e. The van der Waals surface area contributed by atoms with Gasteiger partial charge in [-0.2, -0.15) is 0 Å². The van der Waals surface area contributed by atoms with E-state index in [1.54, 1.807) is 23.6 Å². The number of carbonyl (C=O) groups excluding carboxylic acids is 1. The van der Waals surface area contributed by atoms with E-state index in [0.717, 1.165) is 6.42 Å². The van der Waals surface area contributed by atoms with Crippen LogP contribution in [0.2, 0.25) is 0 Å². The van der Waals surface area contributed by atoms with E-state index in [2.05, 4.69) is 28.9 Å². The summed E-state index contributed by atoms with van der Waals surface area (Å²) in [6.07, 6.45) is 2.41. The highest BCUT2D eigenvalue weighted by molar-refractivity contribution is 7.93. The molecular formula is C21H23N3O4S2. The van der Waals surface area contributed by atoms with E-state index >= 15 is 0 Å². The number of benzene rings is 2. The topological polar surface area (TPSA) is 97.4 Å². The minimum absolute atomic E-state index is 0.0770. The fourth-order valence-electron chi connectivity index (χ4n) is 2.55. The molecule has 30 heavy (non-hydrogen) atoms. The number of nitrogens with zero attached hydrogens (tertiary/aromatic N) is 1. The molecule has 0 bridgehead atoms. The Morgan fingerprint density at radius 3 is 2.53 bits per heavy atom. The minimum atomic E-state index is -3.74. The molecule has 1 amide bonds. The van der Waals surface area contributed by atoms with Crippen molar-refractivity contribution in [1.29, 1.82) is 0 Å². The Balaban J connectivity index is 1.68. The number of ether oxygens (including phenoxy) is 1. The fourth-order valence-corrected chi connectivity index (χ4v) is 4.34. The number of rotatable bonds is 9. The maximum Gasteiger partial charge on any atom is 0.263 e. The van der Waals surface area contributed by atoms with Gasteiger partial charge in [-0.3, -0.25) is 9.52 Å². The predicted molar refractivity (Wildman–Crippen MR) is 119 cm³/mol. The zero-order chi connectivity index (χ0) is 21.6. The number of aromatic nitrogens is 1. The summed E-state index contributed by atoms with van der Waals surface area (Å²) >= 11 is 1.19. The van der Waals surface area contributed by atoms with E-state index in [-0.39, 0.29) is 10.8 Å². The van der Waals surface area contributed by atoms with Gasteiger partial charge in [0.15, 0.2) is 5.13 Å². The highest BCUT2D eigenvalue weighted by Crippen LogP contribution is 2.22. The predicted octanol–water partition coefficient (Wildman–Crippen LogP) is 4.62. The highest BCUT2D eigenvalue weighted by atomic mass is 32.2. The summed E-state index contributed by atoms with van der Waals surface area (Å²) < 4.78 is 33.0. The van der Waals surface area contributed by atoms with E-state index in [9.17, 15) is 13.2 Å². The monoisotopic (exact) mass is 445 g/mol. The van der Waals surface area contributed by atoms with Gasteiger partial charge in [-0.05, 0) is 48.7 Å². The molecule has 0 aliphatic carbocycles. The Hall–Kier alpha value is -2.91.